The Balaban J connectivity index is 1.91. The van der Waals surface area contributed by atoms with E-state index in [1.165, 1.54) is 17.8 Å². The number of cyclic esters (lactones) is 1. The van der Waals surface area contributed by atoms with Crippen LogP contribution < -0.4 is 10.6 Å². The lowest BCUT2D eigenvalue weighted by Gasteiger charge is -2.27. The number of amides is 2. The van der Waals surface area contributed by atoms with Crippen LogP contribution in [0.2, 0.25) is 0 Å². The quantitative estimate of drug-likeness (QED) is 0.520. The van der Waals surface area contributed by atoms with Crippen molar-refractivity contribution in [3.63, 3.8) is 0 Å². The molecule has 4 bridgehead atoms. The van der Waals surface area contributed by atoms with Gasteiger partial charge in [-0.25, -0.2) is 4.79 Å². The summed E-state index contributed by atoms with van der Waals surface area (Å²) in [5, 5.41) is 6.30. The average Bonchev–Trinajstić information content (AvgIpc) is 3.30. The highest BCUT2D eigenvalue weighted by Gasteiger charge is 2.42. The number of aliphatic imine (C=N–C) groups is 2. The number of hydrogen-bond donors (Lipinski definition) is 2. The molecule has 0 radical (unpaired) electrons. The molecule has 3 unspecified atom stereocenters. The Labute approximate surface area is 174 Å². The maximum atomic E-state index is 13.0. The van der Waals surface area contributed by atoms with Crippen molar-refractivity contribution in [3.8, 4) is 0 Å². The molecule has 29 heavy (non-hydrogen) atoms. The third-order valence-electron chi connectivity index (χ3n) is 4.97. The highest BCUT2D eigenvalue weighted by molar-refractivity contribution is 8.14. The number of carbonyl (C=O) groups is 3. The number of hydrogen-bond acceptors (Lipinski definition) is 7. The van der Waals surface area contributed by atoms with Crippen LogP contribution >= 0.6 is 11.8 Å². The summed E-state index contributed by atoms with van der Waals surface area (Å²) in [5.41, 5.74) is 0.552. The van der Waals surface area contributed by atoms with Gasteiger partial charge >= 0.3 is 5.97 Å². The standard InChI is InChI=1S/C20H26N4O4S/c1-5-13-8-15(25)21-9-12-6-7-14(22-12)17-24-20(4,10-29-17)19(27)23-16(11(2)3)18(26)28-13/h5,7,11,13,16H,1,6,8-10H2,2-4H3,(H,21,25)(H,23,27). The molecule has 3 aliphatic heterocycles. The van der Waals surface area contributed by atoms with Crippen LogP contribution in [0.1, 0.15) is 33.6 Å². The Kier molecular flexibility index (Phi) is 6.26. The van der Waals surface area contributed by atoms with Crippen molar-refractivity contribution in [1.29, 1.82) is 0 Å². The first-order chi connectivity index (χ1) is 13.7. The predicted molar refractivity (Wildman–Crippen MR) is 113 cm³/mol. The summed E-state index contributed by atoms with van der Waals surface area (Å²) >= 11 is 1.46. The molecule has 3 rings (SSSR count). The van der Waals surface area contributed by atoms with Gasteiger partial charge in [-0.05, 0) is 12.8 Å². The minimum Gasteiger partial charge on any atom is -0.456 e. The van der Waals surface area contributed by atoms with Gasteiger partial charge in [0, 0.05) is 17.9 Å². The van der Waals surface area contributed by atoms with Crippen molar-refractivity contribution in [2.24, 2.45) is 15.9 Å². The zero-order valence-corrected chi connectivity index (χ0v) is 17.7. The van der Waals surface area contributed by atoms with Crippen LogP contribution in [0.25, 0.3) is 0 Å². The lowest BCUT2D eigenvalue weighted by molar-refractivity contribution is -0.153. The van der Waals surface area contributed by atoms with Crippen LogP contribution in [-0.4, -0.2) is 58.5 Å². The third-order valence-corrected chi connectivity index (χ3v) is 6.25. The number of fused-ring (bicyclic) bond motifs is 3. The van der Waals surface area contributed by atoms with Crippen molar-refractivity contribution < 1.29 is 19.1 Å². The molecule has 3 atom stereocenters. The first-order valence-electron chi connectivity index (χ1n) is 9.62. The fraction of sp³-hybridized carbons (Fsp3) is 0.550. The zero-order valence-electron chi connectivity index (χ0n) is 16.9. The fourth-order valence-electron chi connectivity index (χ4n) is 3.11. The van der Waals surface area contributed by atoms with Gasteiger partial charge in [-0.15, -0.1) is 11.8 Å². The number of nitrogens with one attached hydrogen (secondary N) is 2. The number of esters is 1. The smallest absolute Gasteiger partial charge is 0.329 e. The van der Waals surface area contributed by atoms with Gasteiger partial charge in [0.05, 0.1) is 18.7 Å². The maximum Gasteiger partial charge on any atom is 0.329 e. The number of allylic oxidation sites excluding steroid dienone is 1. The van der Waals surface area contributed by atoms with Gasteiger partial charge in [0.1, 0.15) is 22.7 Å². The maximum absolute atomic E-state index is 13.0. The molecule has 3 heterocycles. The van der Waals surface area contributed by atoms with E-state index in [0.29, 0.717) is 23.8 Å². The van der Waals surface area contributed by atoms with Gasteiger partial charge in [0.15, 0.2) is 0 Å². The molecule has 3 aliphatic rings. The number of nitrogens with zero attached hydrogens (tertiary/aromatic N) is 2. The number of carbonyl (C=O) groups excluding carboxylic acids is 3. The van der Waals surface area contributed by atoms with Crippen molar-refractivity contribution in [1.82, 2.24) is 10.6 Å². The van der Waals surface area contributed by atoms with E-state index in [9.17, 15) is 14.4 Å². The lowest BCUT2D eigenvalue weighted by Crippen LogP contribution is -2.53. The van der Waals surface area contributed by atoms with Crippen LogP contribution in [0.4, 0.5) is 0 Å². The molecule has 0 aromatic rings. The van der Waals surface area contributed by atoms with Gasteiger partial charge in [0.25, 0.3) is 0 Å². The summed E-state index contributed by atoms with van der Waals surface area (Å²) in [6.07, 6.45) is 3.16. The molecule has 9 heteroatoms. The monoisotopic (exact) mass is 418 g/mol. The van der Waals surface area contributed by atoms with E-state index in [4.69, 9.17) is 4.74 Å². The van der Waals surface area contributed by atoms with E-state index in [1.54, 1.807) is 6.92 Å². The molecule has 8 nitrogen and oxygen atoms in total. The summed E-state index contributed by atoms with van der Waals surface area (Å²) < 4.78 is 5.45. The minimum absolute atomic E-state index is 0.0398. The van der Waals surface area contributed by atoms with Crippen LogP contribution in [0.3, 0.4) is 0 Å². The average molecular weight is 419 g/mol. The zero-order chi connectivity index (χ0) is 21.2. The molecule has 2 amide bonds. The second-order valence-electron chi connectivity index (χ2n) is 7.84. The van der Waals surface area contributed by atoms with Gasteiger partial charge in [-0.2, -0.15) is 0 Å². The summed E-state index contributed by atoms with van der Waals surface area (Å²) in [6.45, 7) is 9.35. The van der Waals surface area contributed by atoms with E-state index in [-0.39, 0.29) is 24.2 Å². The van der Waals surface area contributed by atoms with Crippen molar-refractivity contribution in [2.75, 3.05) is 12.3 Å². The second-order valence-corrected chi connectivity index (χ2v) is 8.80. The van der Waals surface area contributed by atoms with Gasteiger partial charge in [0.2, 0.25) is 11.8 Å². The highest BCUT2D eigenvalue weighted by Crippen LogP contribution is 2.33. The Morgan fingerprint density at radius 1 is 1.38 bits per heavy atom. The van der Waals surface area contributed by atoms with Crippen molar-refractivity contribution in [2.45, 2.75) is 51.3 Å². The van der Waals surface area contributed by atoms with Crippen molar-refractivity contribution >= 4 is 40.3 Å². The highest BCUT2D eigenvalue weighted by atomic mass is 32.2. The molecule has 0 saturated heterocycles. The largest absolute Gasteiger partial charge is 0.456 e. The third kappa shape index (κ3) is 4.77. The second kappa shape index (κ2) is 8.52. The summed E-state index contributed by atoms with van der Waals surface area (Å²) in [6, 6.07) is -0.850. The summed E-state index contributed by atoms with van der Waals surface area (Å²) in [7, 11) is 0. The molecule has 0 fully saturated rings. The van der Waals surface area contributed by atoms with E-state index in [1.807, 2.05) is 19.9 Å². The van der Waals surface area contributed by atoms with E-state index < -0.39 is 23.7 Å². The molecular formula is C20H26N4O4S. The Bertz CT molecular complexity index is 832. The first-order valence-corrected chi connectivity index (χ1v) is 10.6. The summed E-state index contributed by atoms with van der Waals surface area (Å²) in [4.78, 5) is 47.1. The molecule has 0 aliphatic carbocycles. The predicted octanol–water partition coefficient (Wildman–Crippen LogP) is 1.38. The molecule has 0 aromatic carbocycles. The molecule has 0 saturated carbocycles. The van der Waals surface area contributed by atoms with Gasteiger partial charge < -0.3 is 15.4 Å². The molecule has 0 spiro atoms. The SMILES string of the molecule is C=CC1CC(=O)NCC2=NC(=CC2)C2=NC(C)(CS2)C(=O)NC(C(C)C)C(=O)O1. The molecule has 2 N–H and O–H groups in total. The van der Waals surface area contributed by atoms with Crippen LogP contribution in [-0.2, 0) is 19.1 Å². The molecular weight excluding hydrogens is 392 g/mol. The van der Waals surface area contributed by atoms with Gasteiger partial charge in [-0.1, -0.05) is 32.6 Å². The Hall–Kier alpha value is -2.42. The fourth-order valence-corrected chi connectivity index (χ4v) is 4.27. The van der Waals surface area contributed by atoms with Crippen LogP contribution in [0.5, 0.6) is 0 Å². The normalized spacial score (nSPS) is 30.8. The topological polar surface area (TPSA) is 109 Å². The van der Waals surface area contributed by atoms with E-state index in [2.05, 4.69) is 27.2 Å². The number of thioether (sulfide) groups is 1. The van der Waals surface area contributed by atoms with Crippen molar-refractivity contribution in [3.05, 3.63) is 24.4 Å². The molecule has 0 aromatic heterocycles. The Morgan fingerprint density at radius 2 is 2.14 bits per heavy atom. The number of rotatable bonds is 2. The number of ether oxygens (including phenoxy) is 1. The van der Waals surface area contributed by atoms with Crippen LogP contribution in [0.15, 0.2) is 34.4 Å². The first kappa shape index (κ1) is 21.3. The minimum atomic E-state index is -0.990. The Morgan fingerprint density at radius 3 is 2.83 bits per heavy atom. The van der Waals surface area contributed by atoms with Crippen LogP contribution in [0, 0.1) is 5.92 Å². The summed E-state index contributed by atoms with van der Waals surface area (Å²) in [5.74, 6) is -0.934. The molecule has 156 valence electrons. The lowest BCUT2D eigenvalue weighted by atomic mass is 10.0. The van der Waals surface area contributed by atoms with E-state index >= 15 is 0 Å². The van der Waals surface area contributed by atoms with Gasteiger partial charge in [-0.3, -0.25) is 19.6 Å². The van der Waals surface area contributed by atoms with E-state index in [0.717, 1.165) is 11.4 Å².